The van der Waals surface area contributed by atoms with Crippen LogP contribution in [0.1, 0.15) is 31.0 Å². The molecule has 0 aliphatic heterocycles. The molecule has 0 radical (unpaired) electrons. The topological polar surface area (TPSA) is 30.5 Å². The van der Waals surface area contributed by atoms with Crippen LogP contribution in [0.4, 0.5) is 0 Å². The molecule has 2 aromatic carbocycles. The summed E-state index contributed by atoms with van der Waals surface area (Å²) in [7, 11) is 1.66. The number of rotatable bonds is 7. The van der Waals surface area contributed by atoms with Crippen molar-refractivity contribution in [3.05, 3.63) is 58.1 Å². The highest BCUT2D eigenvalue weighted by Gasteiger charge is 2.11. The SMILES string of the molecule is CCOc1cc(Br)c(CN[C@@H](C)c2ccccc2)cc1OC. The van der Waals surface area contributed by atoms with E-state index in [4.69, 9.17) is 9.47 Å². The Morgan fingerprint density at radius 3 is 2.50 bits per heavy atom. The zero-order valence-electron chi connectivity index (χ0n) is 13.2. The van der Waals surface area contributed by atoms with Crippen LogP contribution >= 0.6 is 15.9 Å². The second kappa shape index (κ2) is 8.20. The molecule has 0 bridgehead atoms. The molecule has 0 aliphatic rings. The molecule has 3 nitrogen and oxygen atoms in total. The number of benzene rings is 2. The van der Waals surface area contributed by atoms with Crippen molar-refractivity contribution in [3.63, 3.8) is 0 Å². The Morgan fingerprint density at radius 2 is 1.86 bits per heavy atom. The zero-order valence-corrected chi connectivity index (χ0v) is 14.8. The van der Waals surface area contributed by atoms with Crippen molar-refractivity contribution in [2.75, 3.05) is 13.7 Å². The van der Waals surface area contributed by atoms with Crippen LogP contribution in [0.2, 0.25) is 0 Å². The smallest absolute Gasteiger partial charge is 0.162 e. The van der Waals surface area contributed by atoms with Gasteiger partial charge < -0.3 is 14.8 Å². The minimum Gasteiger partial charge on any atom is -0.493 e. The third-order valence-electron chi connectivity index (χ3n) is 3.53. The van der Waals surface area contributed by atoms with Gasteiger partial charge in [0.15, 0.2) is 11.5 Å². The highest BCUT2D eigenvalue weighted by atomic mass is 79.9. The molecule has 4 heteroatoms. The van der Waals surface area contributed by atoms with Crippen molar-refractivity contribution in [3.8, 4) is 11.5 Å². The van der Waals surface area contributed by atoms with E-state index in [0.717, 1.165) is 28.1 Å². The summed E-state index contributed by atoms with van der Waals surface area (Å²) in [4.78, 5) is 0. The summed E-state index contributed by atoms with van der Waals surface area (Å²) in [6.45, 7) is 5.49. The molecule has 0 aliphatic carbocycles. The fourth-order valence-corrected chi connectivity index (χ4v) is 2.73. The molecule has 2 aromatic rings. The normalized spacial score (nSPS) is 12.0. The molecule has 2 rings (SSSR count). The summed E-state index contributed by atoms with van der Waals surface area (Å²) < 4.78 is 12.0. The standard InChI is InChI=1S/C18H22BrNO2/c1-4-22-18-11-16(19)15(10-17(18)21-3)12-20-13(2)14-8-6-5-7-9-14/h5-11,13,20H,4,12H2,1-3H3/t13-/m0/s1. The Bertz CT molecular complexity index is 602. The van der Waals surface area contributed by atoms with Gasteiger partial charge in [0.05, 0.1) is 13.7 Å². The molecule has 0 saturated carbocycles. The summed E-state index contributed by atoms with van der Waals surface area (Å²) in [6.07, 6.45) is 0. The fraction of sp³-hybridized carbons (Fsp3) is 0.333. The quantitative estimate of drug-likeness (QED) is 0.772. The number of hydrogen-bond acceptors (Lipinski definition) is 3. The van der Waals surface area contributed by atoms with Gasteiger partial charge in [-0.05, 0) is 37.1 Å². The number of halogens is 1. The van der Waals surface area contributed by atoms with Crippen molar-refractivity contribution in [2.24, 2.45) is 0 Å². The van der Waals surface area contributed by atoms with Crippen molar-refractivity contribution >= 4 is 15.9 Å². The van der Waals surface area contributed by atoms with Gasteiger partial charge in [-0.15, -0.1) is 0 Å². The largest absolute Gasteiger partial charge is 0.493 e. The number of hydrogen-bond donors (Lipinski definition) is 1. The molecular formula is C18H22BrNO2. The molecule has 1 N–H and O–H groups in total. The first kappa shape index (κ1) is 16.8. The van der Waals surface area contributed by atoms with Gasteiger partial charge in [0, 0.05) is 17.1 Å². The molecular weight excluding hydrogens is 342 g/mol. The molecule has 0 saturated heterocycles. The maximum Gasteiger partial charge on any atom is 0.162 e. The molecule has 1 atom stereocenters. The minimum absolute atomic E-state index is 0.283. The highest BCUT2D eigenvalue weighted by molar-refractivity contribution is 9.10. The Labute approximate surface area is 140 Å². The van der Waals surface area contributed by atoms with Crippen LogP contribution < -0.4 is 14.8 Å². The van der Waals surface area contributed by atoms with Crippen molar-refractivity contribution < 1.29 is 9.47 Å². The molecule has 118 valence electrons. The van der Waals surface area contributed by atoms with Crippen LogP contribution in [0, 0.1) is 0 Å². The third-order valence-corrected chi connectivity index (χ3v) is 4.27. The summed E-state index contributed by atoms with van der Waals surface area (Å²) in [5.74, 6) is 1.52. The van der Waals surface area contributed by atoms with E-state index in [0.29, 0.717) is 6.61 Å². The van der Waals surface area contributed by atoms with Crippen LogP contribution in [0.3, 0.4) is 0 Å². The maximum absolute atomic E-state index is 5.58. The van der Waals surface area contributed by atoms with Gasteiger partial charge in [0.2, 0.25) is 0 Å². The maximum atomic E-state index is 5.58. The second-order valence-corrected chi connectivity index (χ2v) is 5.90. The van der Waals surface area contributed by atoms with Crippen LogP contribution in [0.25, 0.3) is 0 Å². The van der Waals surface area contributed by atoms with Crippen LogP contribution in [-0.2, 0) is 6.54 Å². The lowest BCUT2D eigenvalue weighted by molar-refractivity contribution is 0.310. The van der Waals surface area contributed by atoms with Crippen LogP contribution in [-0.4, -0.2) is 13.7 Å². The predicted octanol–water partition coefficient (Wildman–Crippen LogP) is 4.71. The number of methoxy groups -OCH3 is 1. The monoisotopic (exact) mass is 363 g/mol. The van der Waals surface area contributed by atoms with Crippen molar-refractivity contribution in [1.82, 2.24) is 5.32 Å². The molecule has 0 unspecified atom stereocenters. The zero-order chi connectivity index (χ0) is 15.9. The van der Waals surface area contributed by atoms with Gasteiger partial charge in [-0.1, -0.05) is 46.3 Å². The van der Waals surface area contributed by atoms with E-state index < -0.39 is 0 Å². The van der Waals surface area contributed by atoms with Gasteiger partial charge in [-0.2, -0.15) is 0 Å². The Hall–Kier alpha value is -1.52. The van der Waals surface area contributed by atoms with Gasteiger partial charge in [0.25, 0.3) is 0 Å². The minimum atomic E-state index is 0.283. The van der Waals surface area contributed by atoms with E-state index in [1.165, 1.54) is 5.56 Å². The van der Waals surface area contributed by atoms with Gasteiger partial charge >= 0.3 is 0 Å². The Morgan fingerprint density at radius 1 is 1.14 bits per heavy atom. The lowest BCUT2D eigenvalue weighted by Crippen LogP contribution is -2.18. The van der Waals surface area contributed by atoms with Crippen molar-refractivity contribution in [1.29, 1.82) is 0 Å². The van der Waals surface area contributed by atoms with Crippen LogP contribution in [0.5, 0.6) is 11.5 Å². The Balaban J connectivity index is 2.09. The van der Waals surface area contributed by atoms with E-state index in [-0.39, 0.29) is 6.04 Å². The molecule has 0 amide bonds. The van der Waals surface area contributed by atoms with E-state index in [9.17, 15) is 0 Å². The van der Waals surface area contributed by atoms with Crippen LogP contribution in [0.15, 0.2) is 46.9 Å². The molecule has 0 spiro atoms. The first-order valence-electron chi connectivity index (χ1n) is 7.43. The summed E-state index contributed by atoms with van der Waals surface area (Å²) >= 11 is 3.61. The van der Waals surface area contributed by atoms with Gasteiger partial charge in [-0.3, -0.25) is 0 Å². The summed E-state index contributed by atoms with van der Waals surface area (Å²) in [5.41, 5.74) is 2.42. The molecule has 0 heterocycles. The number of nitrogens with one attached hydrogen (secondary N) is 1. The predicted molar refractivity (Wildman–Crippen MR) is 93.6 cm³/mol. The first-order valence-corrected chi connectivity index (χ1v) is 8.22. The lowest BCUT2D eigenvalue weighted by Gasteiger charge is -2.17. The lowest BCUT2D eigenvalue weighted by atomic mass is 10.1. The molecule has 22 heavy (non-hydrogen) atoms. The third kappa shape index (κ3) is 4.24. The Kier molecular flexibility index (Phi) is 6.28. The molecule has 0 fully saturated rings. The van der Waals surface area contributed by atoms with E-state index in [2.05, 4.69) is 52.4 Å². The highest BCUT2D eigenvalue weighted by Crippen LogP contribution is 2.33. The average Bonchev–Trinajstić information content (AvgIpc) is 2.55. The van der Waals surface area contributed by atoms with E-state index in [1.54, 1.807) is 7.11 Å². The average molecular weight is 364 g/mol. The number of ether oxygens (including phenoxy) is 2. The van der Waals surface area contributed by atoms with Gasteiger partial charge in [0.1, 0.15) is 0 Å². The summed E-state index contributed by atoms with van der Waals surface area (Å²) in [5, 5.41) is 3.53. The fourth-order valence-electron chi connectivity index (χ4n) is 2.26. The van der Waals surface area contributed by atoms with E-state index >= 15 is 0 Å². The van der Waals surface area contributed by atoms with Crippen molar-refractivity contribution in [2.45, 2.75) is 26.4 Å². The first-order chi connectivity index (χ1) is 10.7. The van der Waals surface area contributed by atoms with Gasteiger partial charge in [-0.25, -0.2) is 0 Å². The van der Waals surface area contributed by atoms with E-state index in [1.807, 2.05) is 25.1 Å². The molecule has 0 aromatic heterocycles. The second-order valence-electron chi connectivity index (χ2n) is 5.04. The summed E-state index contributed by atoms with van der Waals surface area (Å²) in [6, 6.07) is 14.7.